The van der Waals surface area contributed by atoms with Crippen molar-refractivity contribution >= 4 is 18.3 Å². The Kier molecular flexibility index (Phi) is 4.85. The third kappa shape index (κ3) is 3.35. The summed E-state index contributed by atoms with van der Waals surface area (Å²) in [4.78, 5) is 12.1. The quantitative estimate of drug-likeness (QED) is 0.795. The zero-order valence-electron chi connectivity index (χ0n) is 11.0. The highest BCUT2D eigenvalue weighted by Gasteiger charge is 2.43. The summed E-state index contributed by atoms with van der Waals surface area (Å²) in [7, 11) is 0. The summed E-state index contributed by atoms with van der Waals surface area (Å²) in [5, 5.41) is 6.44. The molecule has 0 radical (unpaired) electrons. The highest BCUT2D eigenvalue weighted by Crippen LogP contribution is 2.49. The van der Waals surface area contributed by atoms with E-state index in [2.05, 4.69) is 24.5 Å². The Labute approximate surface area is 111 Å². The molecule has 0 spiro atoms. The Morgan fingerprint density at radius 1 is 1.35 bits per heavy atom. The van der Waals surface area contributed by atoms with Gasteiger partial charge in [0.1, 0.15) is 0 Å². The summed E-state index contributed by atoms with van der Waals surface area (Å²) in [6.45, 7) is 7.00. The SMILES string of the molecule is CCCC1(CNC(=O)C2(C)CCNC2)CC1.Cl. The number of amides is 1. The molecule has 2 aliphatic rings. The highest BCUT2D eigenvalue weighted by atomic mass is 35.5. The molecule has 0 aromatic carbocycles. The van der Waals surface area contributed by atoms with Crippen molar-refractivity contribution in [3.8, 4) is 0 Å². The van der Waals surface area contributed by atoms with Gasteiger partial charge < -0.3 is 10.6 Å². The summed E-state index contributed by atoms with van der Waals surface area (Å²) in [6, 6.07) is 0. The van der Waals surface area contributed by atoms with Crippen LogP contribution in [0.3, 0.4) is 0 Å². The molecule has 0 aromatic heterocycles. The van der Waals surface area contributed by atoms with Crippen molar-refractivity contribution in [3.63, 3.8) is 0 Å². The van der Waals surface area contributed by atoms with Crippen molar-refractivity contribution < 1.29 is 4.79 Å². The predicted octanol–water partition coefficient (Wildman–Crippen LogP) is 2.10. The Hall–Kier alpha value is -0.280. The van der Waals surface area contributed by atoms with Crippen LogP contribution in [-0.4, -0.2) is 25.5 Å². The Bertz CT molecular complexity index is 271. The molecule has 1 aliphatic heterocycles. The number of rotatable bonds is 5. The number of carbonyl (C=O) groups is 1. The molecule has 1 unspecified atom stereocenters. The lowest BCUT2D eigenvalue weighted by Gasteiger charge is -2.23. The van der Waals surface area contributed by atoms with Crippen LogP contribution in [-0.2, 0) is 4.79 Å². The van der Waals surface area contributed by atoms with Crippen LogP contribution in [0.4, 0.5) is 0 Å². The standard InChI is InChI=1S/C13H24N2O.ClH/c1-3-4-13(5-6-13)10-15-11(16)12(2)7-8-14-9-12;/h14H,3-10H2,1-2H3,(H,15,16);1H. The Balaban J connectivity index is 0.00000144. The second kappa shape index (κ2) is 5.57. The highest BCUT2D eigenvalue weighted by molar-refractivity contribution is 5.85. The second-order valence-corrected chi connectivity index (χ2v) is 5.92. The zero-order valence-corrected chi connectivity index (χ0v) is 11.8. The van der Waals surface area contributed by atoms with Gasteiger partial charge in [-0.3, -0.25) is 4.79 Å². The van der Waals surface area contributed by atoms with Crippen LogP contribution in [0.2, 0.25) is 0 Å². The van der Waals surface area contributed by atoms with Gasteiger partial charge in [-0.2, -0.15) is 0 Å². The van der Waals surface area contributed by atoms with Gasteiger partial charge in [-0.05, 0) is 44.6 Å². The van der Waals surface area contributed by atoms with Gasteiger partial charge in [0.05, 0.1) is 5.41 Å². The summed E-state index contributed by atoms with van der Waals surface area (Å²) in [6.07, 6.45) is 6.07. The first-order valence-electron chi connectivity index (χ1n) is 6.59. The summed E-state index contributed by atoms with van der Waals surface area (Å²) >= 11 is 0. The first-order valence-corrected chi connectivity index (χ1v) is 6.59. The van der Waals surface area contributed by atoms with Crippen molar-refractivity contribution in [2.24, 2.45) is 10.8 Å². The van der Waals surface area contributed by atoms with Crippen molar-refractivity contribution in [1.29, 1.82) is 0 Å². The fourth-order valence-corrected chi connectivity index (χ4v) is 2.71. The van der Waals surface area contributed by atoms with Crippen LogP contribution >= 0.6 is 12.4 Å². The maximum Gasteiger partial charge on any atom is 0.227 e. The van der Waals surface area contributed by atoms with Crippen LogP contribution < -0.4 is 10.6 Å². The van der Waals surface area contributed by atoms with Crippen LogP contribution in [0.1, 0.15) is 46.0 Å². The van der Waals surface area contributed by atoms with Gasteiger partial charge >= 0.3 is 0 Å². The average Bonchev–Trinajstić information content (AvgIpc) is 2.88. The van der Waals surface area contributed by atoms with Gasteiger partial charge in [0.25, 0.3) is 0 Å². The first kappa shape index (κ1) is 14.8. The minimum Gasteiger partial charge on any atom is -0.355 e. The molecular weight excluding hydrogens is 236 g/mol. The number of nitrogens with one attached hydrogen (secondary N) is 2. The van der Waals surface area contributed by atoms with E-state index in [9.17, 15) is 4.79 Å². The Morgan fingerprint density at radius 3 is 2.53 bits per heavy atom. The van der Waals surface area contributed by atoms with Gasteiger partial charge in [0.2, 0.25) is 5.91 Å². The second-order valence-electron chi connectivity index (χ2n) is 5.92. The van der Waals surface area contributed by atoms with E-state index in [-0.39, 0.29) is 23.7 Å². The van der Waals surface area contributed by atoms with Crippen LogP contribution in [0, 0.1) is 10.8 Å². The molecule has 0 aromatic rings. The molecule has 1 amide bonds. The minimum absolute atomic E-state index is 0. The van der Waals surface area contributed by atoms with Crippen molar-refractivity contribution in [2.45, 2.75) is 46.0 Å². The van der Waals surface area contributed by atoms with Crippen molar-refractivity contribution in [3.05, 3.63) is 0 Å². The third-order valence-electron chi connectivity index (χ3n) is 4.28. The summed E-state index contributed by atoms with van der Waals surface area (Å²) in [5.41, 5.74) is 0.301. The normalized spacial score (nSPS) is 29.5. The number of carbonyl (C=O) groups excluding carboxylic acids is 1. The summed E-state index contributed by atoms with van der Waals surface area (Å²) < 4.78 is 0. The van der Waals surface area contributed by atoms with Gasteiger partial charge in [-0.15, -0.1) is 12.4 Å². The van der Waals surface area contributed by atoms with E-state index in [1.807, 2.05) is 0 Å². The van der Waals surface area contributed by atoms with Crippen molar-refractivity contribution in [2.75, 3.05) is 19.6 Å². The van der Waals surface area contributed by atoms with Crippen LogP contribution in [0.25, 0.3) is 0 Å². The van der Waals surface area contributed by atoms with Crippen LogP contribution in [0.15, 0.2) is 0 Å². The molecule has 2 rings (SSSR count). The van der Waals surface area contributed by atoms with E-state index >= 15 is 0 Å². The molecule has 1 saturated heterocycles. The van der Waals surface area contributed by atoms with Crippen molar-refractivity contribution in [1.82, 2.24) is 10.6 Å². The fourth-order valence-electron chi connectivity index (χ4n) is 2.71. The topological polar surface area (TPSA) is 41.1 Å². The molecule has 2 N–H and O–H groups in total. The van der Waals surface area contributed by atoms with E-state index in [1.165, 1.54) is 25.7 Å². The fraction of sp³-hybridized carbons (Fsp3) is 0.923. The van der Waals surface area contributed by atoms with E-state index < -0.39 is 0 Å². The minimum atomic E-state index is -0.164. The number of hydrogen-bond acceptors (Lipinski definition) is 2. The Morgan fingerprint density at radius 2 is 2.06 bits per heavy atom. The lowest BCUT2D eigenvalue weighted by Crippen LogP contribution is -2.42. The maximum atomic E-state index is 12.1. The van der Waals surface area contributed by atoms with E-state index in [0.717, 1.165) is 26.1 Å². The van der Waals surface area contributed by atoms with Gasteiger partial charge in [-0.1, -0.05) is 13.3 Å². The number of halogens is 1. The van der Waals surface area contributed by atoms with E-state index in [4.69, 9.17) is 0 Å². The van der Waals surface area contributed by atoms with Crippen LogP contribution in [0.5, 0.6) is 0 Å². The molecule has 4 heteroatoms. The third-order valence-corrected chi connectivity index (χ3v) is 4.28. The molecule has 2 fully saturated rings. The van der Waals surface area contributed by atoms with Gasteiger partial charge in [-0.25, -0.2) is 0 Å². The molecule has 1 heterocycles. The monoisotopic (exact) mass is 260 g/mol. The molecule has 100 valence electrons. The molecule has 3 nitrogen and oxygen atoms in total. The lowest BCUT2D eigenvalue weighted by atomic mass is 9.88. The van der Waals surface area contributed by atoms with E-state index in [1.54, 1.807) is 0 Å². The van der Waals surface area contributed by atoms with Gasteiger partial charge in [0, 0.05) is 13.1 Å². The summed E-state index contributed by atoms with van der Waals surface area (Å²) in [5.74, 6) is 0.250. The zero-order chi connectivity index (χ0) is 11.6. The first-order chi connectivity index (χ1) is 7.60. The lowest BCUT2D eigenvalue weighted by molar-refractivity contribution is -0.129. The molecule has 17 heavy (non-hydrogen) atoms. The average molecular weight is 261 g/mol. The predicted molar refractivity (Wildman–Crippen MR) is 72.4 cm³/mol. The largest absolute Gasteiger partial charge is 0.355 e. The molecule has 0 bridgehead atoms. The molecular formula is C13H25ClN2O. The molecule has 1 saturated carbocycles. The smallest absolute Gasteiger partial charge is 0.227 e. The van der Waals surface area contributed by atoms with E-state index in [0.29, 0.717) is 5.41 Å². The van der Waals surface area contributed by atoms with Gasteiger partial charge in [0.15, 0.2) is 0 Å². The maximum absolute atomic E-state index is 12.1. The molecule has 1 atom stereocenters. The molecule has 1 aliphatic carbocycles. The number of hydrogen-bond donors (Lipinski definition) is 2.